The Balaban J connectivity index is 1.83. The van der Waals surface area contributed by atoms with Gasteiger partial charge in [-0.3, -0.25) is 4.79 Å². The van der Waals surface area contributed by atoms with E-state index in [0.29, 0.717) is 16.7 Å². The van der Waals surface area contributed by atoms with E-state index in [0.717, 1.165) is 16.0 Å². The third kappa shape index (κ3) is 2.61. The number of hydrogen-bond acceptors (Lipinski definition) is 6. The van der Waals surface area contributed by atoms with E-state index in [-0.39, 0.29) is 17.2 Å². The Kier molecular flexibility index (Phi) is 3.36. The lowest BCUT2D eigenvalue weighted by atomic mass is 10.2. The highest BCUT2D eigenvalue weighted by molar-refractivity contribution is 7.12. The minimum Gasteiger partial charge on any atom is -0.477 e. The van der Waals surface area contributed by atoms with E-state index in [2.05, 4.69) is 10.3 Å². The fourth-order valence-electron chi connectivity index (χ4n) is 1.75. The summed E-state index contributed by atoms with van der Waals surface area (Å²) in [4.78, 5) is 23.1. The summed E-state index contributed by atoms with van der Waals surface area (Å²) in [7, 11) is 0. The van der Waals surface area contributed by atoms with Crippen molar-refractivity contribution in [3.8, 4) is 5.75 Å². The Labute approximate surface area is 122 Å². The van der Waals surface area contributed by atoms with Crippen LogP contribution in [0.4, 0.5) is 0 Å². The number of carbonyl (C=O) groups is 1. The van der Waals surface area contributed by atoms with Crippen LogP contribution in [0.1, 0.15) is 9.67 Å². The number of rotatable bonds is 4. The van der Waals surface area contributed by atoms with Crippen molar-refractivity contribution < 1.29 is 14.6 Å². The quantitative estimate of drug-likeness (QED) is 0.786. The van der Waals surface area contributed by atoms with Crippen LogP contribution >= 0.6 is 11.3 Å². The van der Waals surface area contributed by atoms with Crippen LogP contribution in [0.3, 0.4) is 0 Å². The number of benzene rings is 1. The van der Waals surface area contributed by atoms with E-state index in [1.807, 2.05) is 0 Å². The molecule has 0 atom stereocenters. The third-order valence-electron chi connectivity index (χ3n) is 2.77. The van der Waals surface area contributed by atoms with Crippen molar-refractivity contribution in [2.24, 2.45) is 0 Å². The number of ether oxygens (including phenoxy) is 1. The van der Waals surface area contributed by atoms with E-state index in [9.17, 15) is 9.59 Å². The number of hydrogen-bond donors (Lipinski definition) is 1. The summed E-state index contributed by atoms with van der Waals surface area (Å²) in [5, 5.41) is 18.5. The highest BCUT2D eigenvalue weighted by atomic mass is 32.1. The van der Waals surface area contributed by atoms with Gasteiger partial charge in [0.05, 0.1) is 5.39 Å². The molecule has 1 aromatic carbocycles. The van der Waals surface area contributed by atoms with E-state index in [1.165, 1.54) is 6.07 Å². The molecule has 0 aliphatic carbocycles. The first-order valence-corrected chi connectivity index (χ1v) is 6.80. The molecular weight excluding hydrogens is 294 g/mol. The Morgan fingerprint density at radius 2 is 2.19 bits per heavy atom. The lowest BCUT2D eigenvalue weighted by Crippen LogP contribution is -2.26. The molecule has 2 aromatic heterocycles. The second-order valence-corrected chi connectivity index (χ2v) is 5.05. The maximum absolute atomic E-state index is 12.2. The summed E-state index contributed by atoms with van der Waals surface area (Å²) < 4.78 is 6.44. The number of carboxylic acids is 1. The molecule has 0 amide bonds. The van der Waals surface area contributed by atoms with Crippen LogP contribution in [0.2, 0.25) is 0 Å². The van der Waals surface area contributed by atoms with E-state index >= 15 is 0 Å². The molecule has 7 nitrogen and oxygen atoms in total. The van der Waals surface area contributed by atoms with Gasteiger partial charge in [0, 0.05) is 11.4 Å². The Morgan fingerprint density at radius 1 is 1.38 bits per heavy atom. The number of aromatic carboxylic acids is 1. The van der Waals surface area contributed by atoms with E-state index < -0.39 is 5.97 Å². The van der Waals surface area contributed by atoms with Gasteiger partial charge in [0.25, 0.3) is 5.56 Å². The predicted molar refractivity (Wildman–Crippen MR) is 75.7 cm³/mol. The first kappa shape index (κ1) is 13.3. The molecule has 1 N–H and O–H groups in total. The van der Waals surface area contributed by atoms with Crippen LogP contribution in [0.5, 0.6) is 5.75 Å². The van der Waals surface area contributed by atoms with Crippen molar-refractivity contribution >= 4 is 28.2 Å². The molecule has 0 radical (unpaired) electrons. The molecule has 0 aliphatic heterocycles. The fraction of sp³-hybridized carbons (Fsp3) is 0.0769. The summed E-state index contributed by atoms with van der Waals surface area (Å²) >= 11 is 1.05. The standard InChI is InChI=1S/C13H9N3O4S/c17-12-9-3-1-2-4-10(9)14-15-16(12)7-20-8-5-11(13(18)19)21-6-8/h1-6H,7H2,(H,18,19). The van der Waals surface area contributed by atoms with Crippen molar-refractivity contribution in [1.82, 2.24) is 15.0 Å². The lowest BCUT2D eigenvalue weighted by molar-refractivity contribution is 0.0701. The minimum atomic E-state index is -1.02. The number of nitrogens with zero attached hydrogens (tertiary/aromatic N) is 3. The maximum Gasteiger partial charge on any atom is 0.346 e. The largest absolute Gasteiger partial charge is 0.477 e. The van der Waals surface area contributed by atoms with Crippen molar-refractivity contribution in [2.75, 3.05) is 0 Å². The summed E-state index contributed by atoms with van der Waals surface area (Å²) in [6, 6.07) is 8.28. The summed E-state index contributed by atoms with van der Waals surface area (Å²) in [5.74, 6) is -0.642. The lowest BCUT2D eigenvalue weighted by Gasteiger charge is -2.05. The van der Waals surface area contributed by atoms with Gasteiger partial charge < -0.3 is 9.84 Å². The van der Waals surface area contributed by atoms with Crippen molar-refractivity contribution in [1.29, 1.82) is 0 Å². The van der Waals surface area contributed by atoms with Crippen LogP contribution < -0.4 is 10.3 Å². The zero-order chi connectivity index (χ0) is 14.8. The average molecular weight is 303 g/mol. The molecule has 0 fully saturated rings. The molecule has 2 heterocycles. The highest BCUT2D eigenvalue weighted by Gasteiger charge is 2.09. The van der Waals surface area contributed by atoms with Gasteiger partial charge in [0.15, 0.2) is 6.73 Å². The molecule has 3 aromatic rings. The molecule has 0 saturated heterocycles. The van der Waals surface area contributed by atoms with Gasteiger partial charge in [-0.15, -0.1) is 16.4 Å². The number of carboxylic acid groups (broad SMARTS) is 1. The smallest absolute Gasteiger partial charge is 0.346 e. The zero-order valence-corrected chi connectivity index (χ0v) is 11.4. The Morgan fingerprint density at radius 3 is 2.95 bits per heavy atom. The molecule has 3 rings (SSSR count). The molecule has 106 valence electrons. The van der Waals surface area contributed by atoms with Crippen LogP contribution in [0.25, 0.3) is 10.9 Å². The zero-order valence-electron chi connectivity index (χ0n) is 10.6. The number of fused-ring (bicyclic) bond motifs is 1. The maximum atomic E-state index is 12.2. The second-order valence-electron chi connectivity index (χ2n) is 4.14. The van der Waals surface area contributed by atoms with Crippen molar-refractivity contribution in [2.45, 2.75) is 6.73 Å². The Hall–Kier alpha value is -2.74. The molecule has 8 heteroatoms. The molecule has 21 heavy (non-hydrogen) atoms. The van der Waals surface area contributed by atoms with Crippen molar-refractivity contribution in [3.05, 3.63) is 50.9 Å². The monoisotopic (exact) mass is 303 g/mol. The normalized spacial score (nSPS) is 10.7. The summed E-state index contributed by atoms with van der Waals surface area (Å²) in [6.45, 7) is -0.132. The first-order chi connectivity index (χ1) is 10.1. The molecule has 0 aliphatic rings. The Bertz CT molecular complexity index is 871. The van der Waals surface area contributed by atoms with Crippen molar-refractivity contribution in [3.63, 3.8) is 0 Å². The topological polar surface area (TPSA) is 94.3 Å². The molecule has 0 unspecified atom stereocenters. The minimum absolute atomic E-state index is 0.132. The van der Waals surface area contributed by atoms with E-state index in [4.69, 9.17) is 9.84 Å². The molecule has 0 saturated carbocycles. The number of aromatic nitrogens is 3. The van der Waals surface area contributed by atoms with Crippen LogP contribution in [-0.4, -0.2) is 26.1 Å². The van der Waals surface area contributed by atoms with Gasteiger partial charge in [0.2, 0.25) is 0 Å². The highest BCUT2D eigenvalue weighted by Crippen LogP contribution is 2.21. The molecule has 0 spiro atoms. The second kappa shape index (κ2) is 5.33. The third-order valence-corrected chi connectivity index (χ3v) is 3.67. The van der Waals surface area contributed by atoms with Crippen LogP contribution in [0.15, 0.2) is 40.5 Å². The first-order valence-electron chi connectivity index (χ1n) is 5.92. The van der Waals surface area contributed by atoms with Gasteiger partial charge in [-0.1, -0.05) is 17.3 Å². The van der Waals surface area contributed by atoms with Crippen LogP contribution in [0, 0.1) is 0 Å². The van der Waals surface area contributed by atoms with E-state index in [1.54, 1.807) is 29.6 Å². The van der Waals surface area contributed by atoms with Gasteiger partial charge in [-0.25, -0.2) is 4.79 Å². The van der Waals surface area contributed by atoms with Gasteiger partial charge in [0.1, 0.15) is 16.1 Å². The predicted octanol–water partition coefficient (Wildman–Crippen LogP) is 1.59. The molecular formula is C13H9N3O4S. The SMILES string of the molecule is O=C(O)c1cc(OCn2nnc3ccccc3c2=O)cs1. The van der Waals surface area contributed by atoms with Gasteiger partial charge in [-0.2, -0.15) is 4.68 Å². The van der Waals surface area contributed by atoms with Gasteiger partial charge >= 0.3 is 5.97 Å². The summed E-state index contributed by atoms with van der Waals surface area (Å²) in [6.07, 6.45) is 0. The summed E-state index contributed by atoms with van der Waals surface area (Å²) in [5.41, 5.74) is 0.205. The molecule has 0 bridgehead atoms. The van der Waals surface area contributed by atoms with Gasteiger partial charge in [-0.05, 0) is 12.1 Å². The average Bonchev–Trinajstić information content (AvgIpc) is 2.96. The van der Waals surface area contributed by atoms with Crippen LogP contribution in [-0.2, 0) is 6.73 Å². The number of thiophene rings is 1. The fourth-order valence-corrected chi connectivity index (χ4v) is 2.41.